The highest BCUT2D eigenvalue weighted by molar-refractivity contribution is 6.04. The molecule has 3 heteroatoms. The molecule has 0 heterocycles. The van der Waals surface area contributed by atoms with Crippen LogP contribution in [0.2, 0.25) is 0 Å². The number of fused-ring (bicyclic) bond motifs is 3. The van der Waals surface area contributed by atoms with E-state index >= 15 is 0 Å². The molecule has 4 rings (SSSR count). The first-order chi connectivity index (χ1) is 14.1. The van der Waals surface area contributed by atoms with Gasteiger partial charge in [-0.25, -0.2) is 0 Å². The first kappa shape index (κ1) is 19.2. The predicted molar refractivity (Wildman–Crippen MR) is 121 cm³/mol. The fourth-order valence-electron chi connectivity index (χ4n) is 3.84. The molecular weight excluding hydrogens is 356 g/mol. The lowest BCUT2D eigenvalue weighted by Crippen LogP contribution is -2.15. The van der Waals surface area contributed by atoms with Crippen LogP contribution in [0.1, 0.15) is 46.9 Å². The van der Waals surface area contributed by atoms with Crippen LogP contribution in [0.15, 0.2) is 72.8 Å². The number of carbonyl (C=O) groups is 1. The van der Waals surface area contributed by atoms with Gasteiger partial charge in [0, 0.05) is 11.3 Å². The van der Waals surface area contributed by atoms with Gasteiger partial charge in [-0.3, -0.25) is 4.79 Å². The fraction of sp³-hybridized carbons (Fsp3) is 0.192. The van der Waals surface area contributed by atoms with Gasteiger partial charge >= 0.3 is 0 Å². The molecule has 1 unspecified atom stereocenters. The molecule has 1 aliphatic rings. The highest BCUT2D eigenvalue weighted by Gasteiger charge is 2.27. The quantitative estimate of drug-likeness (QED) is 0.577. The van der Waals surface area contributed by atoms with E-state index < -0.39 is 0 Å². The number of hydrogen-bond donors (Lipinski definition) is 2. The van der Waals surface area contributed by atoms with Crippen molar-refractivity contribution >= 4 is 17.7 Å². The van der Waals surface area contributed by atoms with E-state index in [-0.39, 0.29) is 11.9 Å². The Balaban J connectivity index is 1.55. The highest BCUT2D eigenvalue weighted by atomic mass is 16.1. The van der Waals surface area contributed by atoms with Crippen molar-refractivity contribution in [1.82, 2.24) is 5.32 Å². The van der Waals surface area contributed by atoms with Gasteiger partial charge in [0.1, 0.15) is 0 Å². The molecule has 0 radical (unpaired) electrons. The lowest BCUT2D eigenvalue weighted by molar-refractivity contribution is 0.102. The molecule has 0 saturated heterocycles. The standard InChI is InChI=1S/C26H26N2O/c1-17(2)8-9-18-10-12-19(13-11-18)26(29)28-20-14-15-23-24(16-20)21-6-4-5-7-22(21)25(23)27-3/h4-17,25,27H,1-3H3,(H,28,29)/b9-8+. The number of anilines is 1. The monoisotopic (exact) mass is 382 g/mol. The normalized spacial score (nSPS) is 14.8. The van der Waals surface area contributed by atoms with Gasteiger partial charge in [-0.15, -0.1) is 0 Å². The third kappa shape index (κ3) is 3.87. The van der Waals surface area contributed by atoms with Crippen LogP contribution in [0.4, 0.5) is 5.69 Å². The molecule has 1 amide bonds. The fourth-order valence-corrected chi connectivity index (χ4v) is 3.84. The molecule has 0 aromatic heterocycles. The van der Waals surface area contributed by atoms with Crippen LogP contribution in [0.25, 0.3) is 17.2 Å². The predicted octanol–water partition coefficient (Wildman–Crippen LogP) is 5.90. The van der Waals surface area contributed by atoms with Crippen molar-refractivity contribution in [3.05, 3.63) is 95.1 Å². The van der Waals surface area contributed by atoms with Gasteiger partial charge in [-0.2, -0.15) is 0 Å². The minimum Gasteiger partial charge on any atom is -0.322 e. The molecule has 0 bridgehead atoms. The third-order valence-electron chi connectivity index (χ3n) is 5.32. The van der Waals surface area contributed by atoms with Gasteiger partial charge in [-0.05, 0) is 65.0 Å². The first-order valence-electron chi connectivity index (χ1n) is 10.1. The summed E-state index contributed by atoms with van der Waals surface area (Å²) >= 11 is 0. The van der Waals surface area contributed by atoms with Gasteiger partial charge in [0.2, 0.25) is 0 Å². The van der Waals surface area contributed by atoms with Crippen molar-refractivity contribution in [3.63, 3.8) is 0 Å². The van der Waals surface area contributed by atoms with E-state index in [1.807, 2.05) is 37.4 Å². The van der Waals surface area contributed by atoms with Crippen LogP contribution < -0.4 is 10.6 Å². The summed E-state index contributed by atoms with van der Waals surface area (Å²) in [6.45, 7) is 4.29. The van der Waals surface area contributed by atoms with E-state index in [1.165, 1.54) is 22.3 Å². The number of carbonyl (C=O) groups excluding carboxylic acids is 1. The van der Waals surface area contributed by atoms with E-state index in [0.717, 1.165) is 11.3 Å². The molecule has 146 valence electrons. The number of amides is 1. The third-order valence-corrected chi connectivity index (χ3v) is 5.32. The summed E-state index contributed by atoms with van der Waals surface area (Å²) in [6, 6.07) is 22.5. The zero-order chi connectivity index (χ0) is 20.4. The molecule has 3 nitrogen and oxygen atoms in total. The lowest BCUT2D eigenvalue weighted by Gasteiger charge is -2.12. The zero-order valence-corrected chi connectivity index (χ0v) is 17.1. The van der Waals surface area contributed by atoms with E-state index in [1.54, 1.807) is 0 Å². The summed E-state index contributed by atoms with van der Waals surface area (Å²) in [5, 5.41) is 6.44. The molecule has 3 aromatic rings. The Labute approximate surface area is 172 Å². The Kier molecular flexibility index (Phi) is 5.32. The number of benzene rings is 3. The largest absolute Gasteiger partial charge is 0.322 e. The van der Waals surface area contributed by atoms with Gasteiger partial charge in [0.05, 0.1) is 6.04 Å². The van der Waals surface area contributed by atoms with Crippen LogP contribution in [0.5, 0.6) is 0 Å². The lowest BCUT2D eigenvalue weighted by atomic mass is 10.0. The average molecular weight is 383 g/mol. The summed E-state index contributed by atoms with van der Waals surface area (Å²) in [6.07, 6.45) is 4.23. The maximum atomic E-state index is 12.7. The Hall–Kier alpha value is -3.17. The molecule has 3 aromatic carbocycles. The summed E-state index contributed by atoms with van der Waals surface area (Å²) in [4.78, 5) is 12.7. The summed E-state index contributed by atoms with van der Waals surface area (Å²) in [5.41, 5.74) is 7.48. The number of rotatable bonds is 5. The van der Waals surface area contributed by atoms with Gasteiger partial charge < -0.3 is 10.6 Å². The first-order valence-corrected chi connectivity index (χ1v) is 10.1. The van der Waals surface area contributed by atoms with E-state index in [0.29, 0.717) is 11.5 Å². The summed E-state index contributed by atoms with van der Waals surface area (Å²) < 4.78 is 0. The van der Waals surface area contributed by atoms with E-state index in [9.17, 15) is 4.79 Å². The smallest absolute Gasteiger partial charge is 0.255 e. The van der Waals surface area contributed by atoms with Crippen LogP contribution >= 0.6 is 0 Å². The topological polar surface area (TPSA) is 41.1 Å². The Morgan fingerprint density at radius 2 is 1.66 bits per heavy atom. The minimum absolute atomic E-state index is 0.0965. The van der Waals surface area contributed by atoms with Crippen molar-refractivity contribution in [2.24, 2.45) is 5.92 Å². The van der Waals surface area contributed by atoms with Crippen molar-refractivity contribution < 1.29 is 4.79 Å². The second-order valence-corrected chi connectivity index (χ2v) is 7.79. The average Bonchev–Trinajstić information content (AvgIpc) is 3.05. The van der Waals surface area contributed by atoms with E-state index in [2.05, 4.69) is 73.0 Å². The molecule has 1 atom stereocenters. The summed E-state index contributed by atoms with van der Waals surface area (Å²) in [7, 11) is 1.98. The maximum absolute atomic E-state index is 12.7. The Morgan fingerprint density at radius 3 is 2.38 bits per heavy atom. The van der Waals surface area contributed by atoms with Crippen LogP contribution in [0, 0.1) is 5.92 Å². The molecule has 1 aliphatic carbocycles. The van der Waals surface area contributed by atoms with Gasteiger partial charge in [-0.1, -0.05) is 68.5 Å². The number of nitrogens with one attached hydrogen (secondary N) is 2. The molecule has 0 fully saturated rings. The van der Waals surface area contributed by atoms with E-state index in [4.69, 9.17) is 0 Å². The van der Waals surface area contributed by atoms with Gasteiger partial charge in [0.15, 0.2) is 0 Å². The van der Waals surface area contributed by atoms with Crippen LogP contribution in [-0.4, -0.2) is 13.0 Å². The zero-order valence-electron chi connectivity index (χ0n) is 17.1. The Morgan fingerprint density at radius 1 is 0.931 bits per heavy atom. The molecule has 0 aliphatic heterocycles. The SMILES string of the molecule is CNC1c2ccccc2-c2cc(NC(=O)c3ccc(/C=C/C(C)C)cc3)ccc21. The number of hydrogen-bond acceptors (Lipinski definition) is 2. The maximum Gasteiger partial charge on any atom is 0.255 e. The molecule has 0 saturated carbocycles. The second-order valence-electron chi connectivity index (χ2n) is 7.79. The molecule has 0 spiro atoms. The van der Waals surface area contributed by atoms with Crippen molar-refractivity contribution in [3.8, 4) is 11.1 Å². The van der Waals surface area contributed by atoms with Crippen molar-refractivity contribution in [2.75, 3.05) is 12.4 Å². The minimum atomic E-state index is -0.0965. The number of allylic oxidation sites excluding steroid dienone is 1. The molecule has 29 heavy (non-hydrogen) atoms. The second kappa shape index (κ2) is 8.06. The highest BCUT2D eigenvalue weighted by Crippen LogP contribution is 2.44. The van der Waals surface area contributed by atoms with Gasteiger partial charge in [0.25, 0.3) is 5.91 Å². The summed E-state index contributed by atoms with van der Waals surface area (Å²) in [5.74, 6) is 0.409. The van der Waals surface area contributed by atoms with Crippen molar-refractivity contribution in [1.29, 1.82) is 0 Å². The Bertz CT molecular complexity index is 1060. The van der Waals surface area contributed by atoms with Crippen LogP contribution in [-0.2, 0) is 0 Å². The van der Waals surface area contributed by atoms with Crippen LogP contribution in [0.3, 0.4) is 0 Å². The molecular formula is C26H26N2O. The van der Waals surface area contributed by atoms with Crippen molar-refractivity contribution in [2.45, 2.75) is 19.9 Å². The molecule has 2 N–H and O–H groups in total.